The summed E-state index contributed by atoms with van der Waals surface area (Å²) in [6.07, 6.45) is 1.14. The molecule has 2 aromatic carbocycles. The summed E-state index contributed by atoms with van der Waals surface area (Å²) in [6.45, 7) is 3.06. The lowest BCUT2D eigenvalue weighted by atomic mass is 9.96. The Morgan fingerprint density at radius 2 is 1.83 bits per heavy atom. The predicted molar refractivity (Wildman–Crippen MR) is 113 cm³/mol. The quantitative estimate of drug-likeness (QED) is 0.575. The third kappa shape index (κ3) is 3.73. The molecule has 0 aliphatic carbocycles. The Balaban J connectivity index is 2.27. The lowest BCUT2D eigenvalue weighted by Gasteiger charge is -2.13. The van der Waals surface area contributed by atoms with Crippen LogP contribution in [0.2, 0.25) is 0 Å². The van der Waals surface area contributed by atoms with Crippen molar-refractivity contribution in [1.82, 2.24) is 8.96 Å². The summed E-state index contributed by atoms with van der Waals surface area (Å²) >= 11 is 0. The fourth-order valence-corrected chi connectivity index (χ4v) is 4.17. The number of hydrogen-bond acceptors (Lipinski definition) is 6. The molecule has 0 bridgehead atoms. The van der Waals surface area contributed by atoms with Crippen LogP contribution in [0.3, 0.4) is 0 Å². The normalized spacial score (nSPS) is 12.5. The van der Waals surface area contributed by atoms with Crippen LogP contribution in [0.4, 0.5) is 10.3 Å². The van der Waals surface area contributed by atoms with E-state index in [2.05, 4.69) is 4.98 Å². The van der Waals surface area contributed by atoms with Crippen LogP contribution in [0, 0.1) is 5.82 Å². The Hall–Kier alpha value is -3.40. The van der Waals surface area contributed by atoms with Gasteiger partial charge in [0.1, 0.15) is 0 Å². The number of hydrogen-bond donors (Lipinski definition) is 2. The van der Waals surface area contributed by atoms with Gasteiger partial charge in [0.15, 0.2) is 11.6 Å². The molecule has 0 fully saturated rings. The standard InChI is InChI=1S/C20H21FN4O4S/c1-11(2)30(27,28)25-17-9-13(4-6-16(17)24-20(25)23)14(10-19(22)26)12-5-7-18(29-3)15(21)8-12/h4-11H,1-3H3,(H2,22,26)(H2,23,24)/b14-10+. The molecule has 8 nitrogen and oxygen atoms in total. The summed E-state index contributed by atoms with van der Waals surface area (Å²) < 4.78 is 45.7. The van der Waals surface area contributed by atoms with Crippen LogP contribution in [0.25, 0.3) is 16.6 Å². The molecule has 30 heavy (non-hydrogen) atoms. The summed E-state index contributed by atoms with van der Waals surface area (Å²) in [5, 5.41) is -0.739. The van der Waals surface area contributed by atoms with Crippen molar-refractivity contribution in [2.45, 2.75) is 19.1 Å². The van der Waals surface area contributed by atoms with E-state index < -0.39 is 27.0 Å². The minimum absolute atomic E-state index is 0.0431. The molecule has 0 spiro atoms. The number of fused-ring (bicyclic) bond motifs is 1. The molecule has 4 N–H and O–H groups in total. The van der Waals surface area contributed by atoms with Gasteiger partial charge < -0.3 is 16.2 Å². The Kier molecular flexibility index (Phi) is 5.53. The maximum Gasteiger partial charge on any atom is 0.244 e. The second kappa shape index (κ2) is 7.79. The van der Waals surface area contributed by atoms with Crippen LogP contribution < -0.4 is 16.2 Å². The number of halogens is 1. The molecule has 1 aromatic heterocycles. The van der Waals surface area contributed by atoms with E-state index in [0.29, 0.717) is 22.2 Å². The van der Waals surface area contributed by atoms with Gasteiger partial charge in [-0.3, -0.25) is 4.79 Å². The predicted octanol–water partition coefficient (Wildman–Crippen LogP) is 2.27. The number of carbonyl (C=O) groups is 1. The van der Waals surface area contributed by atoms with Crippen molar-refractivity contribution in [3.8, 4) is 5.75 Å². The van der Waals surface area contributed by atoms with E-state index in [-0.39, 0.29) is 17.2 Å². The molecule has 0 unspecified atom stereocenters. The van der Waals surface area contributed by atoms with Crippen LogP contribution in [0.1, 0.15) is 25.0 Å². The highest BCUT2D eigenvalue weighted by Gasteiger charge is 2.25. The second-order valence-electron chi connectivity index (χ2n) is 6.84. The minimum Gasteiger partial charge on any atom is -0.494 e. The number of nitrogens with two attached hydrogens (primary N) is 2. The van der Waals surface area contributed by atoms with Crippen molar-refractivity contribution in [3.63, 3.8) is 0 Å². The monoisotopic (exact) mass is 432 g/mol. The fourth-order valence-electron chi connectivity index (χ4n) is 3.03. The molecule has 0 radical (unpaired) electrons. The largest absolute Gasteiger partial charge is 0.494 e. The molecule has 0 atom stereocenters. The van der Waals surface area contributed by atoms with Crippen molar-refractivity contribution >= 4 is 38.5 Å². The zero-order valence-electron chi connectivity index (χ0n) is 16.6. The van der Waals surface area contributed by atoms with Gasteiger partial charge in [-0.05, 0) is 54.8 Å². The van der Waals surface area contributed by atoms with Crippen LogP contribution in [0.5, 0.6) is 5.75 Å². The summed E-state index contributed by atoms with van der Waals surface area (Å²) in [7, 11) is -2.45. The summed E-state index contributed by atoms with van der Waals surface area (Å²) in [6, 6.07) is 8.91. The Labute approximate surface area is 173 Å². The van der Waals surface area contributed by atoms with Crippen molar-refractivity contribution in [2.24, 2.45) is 5.73 Å². The number of aromatic nitrogens is 2. The first-order chi connectivity index (χ1) is 14.1. The Bertz CT molecular complexity index is 1280. The van der Waals surface area contributed by atoms with Crippen molar-refractivity contribution in [1.29, 1.82) is 0 Å². The number of amides is 1. The van der Waals surface area contributed by atoms with Gasteiger partial charge in [-0.15, -0.1) is 0 Å². The van der Waals surface area contributed by atoms with Gasteiger partial charge >= 0.3 is 0 Å². The fraction of sp³-hybridized carbons (Fsp3) is 0.200. The molecule has 10 heteroatoms. The van der Waals surface area contributed by atoms with E-state index in [0.717, 1.165) is 10.0 Å². The van der Waals surface area contributed by atoms with Crippen LogP contribution in [-0.2, 0) is 14.8 Å². The molecule has 0 saturated heterocycles. The smallest absolute Gasteiger partial charge is 0.244 e. The summed E-state index contributed by atoms with van der Waals surface area (Å²) in [5.74, 6) is -1.50. The van der Waals surface area contributed by atoms with E-state index >= 15 is 0 Å². The van der Waals surface area contributed by atoms with Gasteiger partial charge in [-0.2, -0.15) is 0 Å². The van der Waals surface area contributed by atoms with Crippen LogP contribution in [0.15, 0.2) is 42.5 Å². The highest BCUT2D eigenvalue weighted by Crippen LogP contribution is 2.31. The lowest BCUT2D eigenvalue weighted by Crippen LogP contribution is -2.23. The van der Waals surface area contributed by atoms with Gasteiger partial charge in [0, 0.05) is 6.08 Å². The van der Waals surface area contributed by atoms with Gasteiger partial charge in [0.2, 0.25) is 21.9 Å². The first kappa shape index (κ1) is 21.3. The molecule has 0 aliphatic rings. The maximum absolute atomic E-state index is 14.3. The number of carbonyl (C=O) groups excluding carboxylic acids is 1. The first-order valence-electron chi connectivity index (χ1n) is 8.94. The number of nitrogens with zero attached hydrogens (tertiary/aromatic N) is 2. The van der Waals surface area contributed by atoms with Crippen LogP contribution >= 0.6 is 0 Å². The Morgan fingerprint density at radius 1 is 1.20 bits per heavy atom. The number of rotatable bonds is 6. The molecule has 158 valence electrons. The van der Waals surface area contributed by atoms with Gasteiger partial charge in [-0.25, -0.2) is 21.8 Å². The molecule has 3 aromatic rings. The van der Waals surface area contributed by atoms with E-state index in [4.69, 9.17) is 16.2 Å². The highest BCUT2D eigenvalue weighted by molar-refractivity contribution is 7.90. The Morgan fingerprint density at radius 3 is 2.40 bits per heavy atom. The zero-order valence-corrected chi connectivity index (χ0v) is 17.4. The van der Waals surface area contributed by atoms with E-state index in [1.165, 1.54) is 39.2 Å². The molecule has 1 heterocycles. The molecule has 0 saturated carbocycles. The molecular weight excluding hydrogens is 411 g/mol. The van der Waals surface area contributed by atoms with E-state index in [1.807, 2.05) is 0 Å². The minimum atomic E-state index is -3.80. The van der Waals surface area contributed by atoms with Crippen molar-refractivity contribution in [2.75, 3.05) is 12.8 Å². The maximum atomic E-state index is 14.3. The first-order valence-corrected chi connectivity index (χ1v) is 10.4. The third-order valence-corrected chi connectivity index (χ3v) is 6.63. The number of methoxy groups -OCH3 is 1. The van der Waals surface area contributed by atoms with Crippen molar-refractivity contribution < 1.29 is 22.3 Å². The topological polar surface area (TPSA) is 130 Å². The van der Waals surface area contributed by atoms with Gasteiger partial charge in [-0.1, -0.05) is 12.1 Å². The van der Waals surface area contributed by atoms with Gasteiger partial charge in [0.25, 0.3) is 0 Å². The van der Waals surface area contributed by atoms with Crippen molar-refractivity contribution in [3.05, 3.63) is 59.4 Å². The number of benzene rings is 2. The average molecular weight is 432 g/mol. The van der Waals surface area contributed by atoms with E-state index in [9.17, 15) is 17.6 Å². The number of anilines is 1. The number of imidazole rings is 1. The third-order valence-electron chi connectivity index (χ3n) is 4.55. The second-order valence-corrected chi connectivity index (χ2v) is 9.18. The summed E-state index contributed by atoms with van der Waals surface area (Å²) in [4.78, 5) is 15.7. The molecule has 3 rings (SSSR count). The molecule has 1 amide bonds. The zero-order chi connectivity index (χ0) is 22.2. The molecular formula is C20H21FN4O4S. The number of primary amides is 1. The van der Waals surface area contributed by atoms with Gasteiger partial charge in [0.05, 0.1) is 23.4 Å². The lowest BCUT2D eigenvalue weighted by molar-refractivity contribution is -0.113. The number of ether oxygens (including phenoxy) is 1. The highest BCUT2D eigenvalue weighted by atomic mass is 32.2. The van der Waals surface area contributed by atoms with Crippen LogP contribution in [-0.4, -0.2) is 35.6 Å². The average Bonchev–Trinajstić information content (AvgIpc) is 3.01. The molecule has 0 aliphatic heterocycles. The van der Waals surface area contributed by atoms with E-state index in [1.54, 1.807) is 18.2 Å². The SMILES string of the molecule is COc1ccc(/C(=C\C(N)=O)c2ccc3nc(N)n(S(=O)(=O)C(C)C)c3c2)cc1F. The summed E-state index contributed by atoms with van der Waals surface area (Å²) in [5.41, 5.74) is 12.9. The number of nitrogen functional groups attached to an aromatic ring is 1.